The number of nitrogens with zero attached hydrogens (tertiary/aromatic N) is 4. The minimum atomic E-state index is -3.20. The topological polar surface area (TPSA) is 66.4 Å². The zero-order chi connectivity index (χ0) is 15.7. The average Bonchev–Trinajstić information content (AvgIpc) is 3.18. The van der Waals surface area contributed by atoms with E-state index in [9.17, 15) is 8.42 Å². The normalized spacial score (nSPS) is 24.3. The van der Waals surface area contributed by atoms with Crippen molar-refractivity contribution in [1.29, 1.82) is 0 Å². The average molecular weight is 345 g/mol. The van der Waals surface area contributed by atoms with Gasteiger partial charge < -0.3 is 4.90 Å². The molecular formula is C14H24N4O2S2. The highest BCUT2D eigenvalue weighted by Gasteiger charge is 2.33. The molecule has 2 aliphatic rings. The molecule has 1 atom stereocenters. The van der Waals surface area contributed by atoms with Crippen molar-refractivity contribution in [3.8, 4) is 0 Å². The number of hydrogen-bond acceptors (Lipinski definition) is 6. The van der Waals surface area contributed by atoms with Crippen molar-refractivity contribution in [2.24, 2.45) is 0 Å². The Kier molecular flexibility index (Phi) is 4.70. The fraction of sp³-hybridized carbons (Fsp3) is 0.857. The Morgan fingerprint density at radius 3 is 2.59 bits per heavy atom. The van der Waals surface area contributed by atoms with Crippen molar-refractivity contribution in [3.63, 3.8) is 0 Å². The number of anilines is 1. The third-order valence-corrected chi connectivity index (χ3v) is 7.77. The lowest BCUT2D eigenvalue weighted by molar-refractivity contribution is 0.478. The molecule has 0 bridgehead atoms. The zero-order valence-electron chi connectivity index (χ0n) is 13.2. The molecule has 0 aromatic carbocycles. The van der Waals surface area contributed by atoms with Gasteiger partial charge in [-0.1, -0.05) is 12.8 Å². The van der Waals surface area contributed by atoms with Gasteiger partial charge in [-0.25, -0.2) is 17.7 Å². The first-order valence-corrected chi connectivity index (χ1v) is 10.3. The molecule has 6 nitrogen and oxygen atoms in total. The highest BCUT2D eigenvalue weighted by Crippen LogP contribution is 2.35. The molecule has 1 aromatic heterocycles. The van der Waals surface area contributed by atoms with E-state index in [1.54, 1.807) is 14.1 Å². The summed E-state index contributed by atoms with van der Waals surface area (Å²) >= 11 is 1.42. The maximum Gasteiger partial charge on any atom is 0.218 e. The molecule has 1 saturated heterocycles. The fourth-order valence-electron chi connectivity index (χ4n) is 3.36. The van der Waals surface area contributed by atoms with Gasteiger partial charge in [0.15, 0.2) is 0 Å². The number of aromatic nitrogens is 2. The Morgan fingerprint density at radius 2 is 1.91 bits per heavy atom. The second-order valence-corrected chi connectivity index (χ2v) is 9.61. The van der Waals surface area contributed by atoms with Crippen LogP contribution in [0.3, 0.4) is 0 Å². The maximum atomic E-state index is 12.3. The molecule has 2 fully saturated rings. The van der Waals surface area contributed by atoms with Gasteiger partial charge in [-0.05, 0) is 25.7 Å². The van der Waals surface area contributed by atoms with Gasteiger partial charge >= 0.3 is 0 Å². The minimum Gasteiger partial charge on any atom is -0.346 e. The van der Waals surface area contributed by atoms with Crippen molar-refractivity contribution < 1.29 is 8.42 Å². The Hall–Kier alpha value is -0.730. The zero-order valence-corrected chi connectivity index (χ0v) is 14.9. The van der Waals surface area contributed by atoms with E-state index in [-0.39, 0.29) is 5.25 Å². The van der Waals surface area contributed by atoms with E-state index in [0.29, 0.717) is 12.5 Å². The molecule has 1 aromatic rings. The maximum absolute atomic E-state index is 12.3. The smallest absolute Gasteiger partial charge is 0.218 e. The summed E-state index contributed by atoms with van der Waals surface area (Å²) < 4.78 is 30.5. The van der Waals surface area contributed by atoms with E-state index in [1.807, 2.05) is 0 Å². The summed E-state index contributed by atoms with van der Waals surface area (Å²) in [4.78, 5) is 6.80. The summed E-state index contributed by atoms with van der Waals surface area (Å²) in [6, 6.07) is 0. The molecule has 1 aliphatic carbocycles. The molecule has 0 N–H and O–H groups in total. The molecule has 1 saturated carbocycles. The second-order valence-electron chi connectivity index (χ2n) is 6.45. The third-order valence-electron chi connectivity index (χ3n) is 4.73. The van der Waals surface area contributed by atoms with Gasteiger partial charge in [0.25, 0.3) is 0 Å². The lowest BCUT2D eigenvalue weighted by Crippen LogP contribution is -2.46. The third kappa shape index (κ3) is 3.14. The molecule has 0 amide bonds. The predicted molar refractivity (Wildman–Crippen MR) is 89.0 cm³/mol. The molecule has 22 heavy (non-hydrogen) atoms. The van der Waals surface area contributed by atoms with E-state index in [0.717, 1.165) is 30.3 Å². The summed E-state index contributed by atoms with van der Waals surface area (Å²) in [5.41, 5.74) is 0. The van der Waals surface area contributed by atoms with Crippen LogP contribution in [-0.4, -0.2) is 54.5 Å². The van der Waals surface area contributed by atoms with Crippen LogP contribution in [0.15, 0.2) is 0 Å². The summed E-state index contributed by atoms with van der Waals surface area (Å²) in [6.45, 7) is 1.40. The van der Waals surface area contributed by atoms with Crippen LogP contribution in [-0.2, 0) is 10.0 Å². The minimum absolute atomic E-state index is 0.338. The summed E-state index contributed by atoms with van der Waals surface area (Å²) in [5, 5.41) is 0.552. The highest BCUT2D eigenvalue weighted by atomic mass is 32.2. The Bertz CT molecular complexity index is 608. The first kappa shape index (κ1) is 16.1. The molecule has 0 radical (unpaired) electrons. The quantitative estimate of drug-likeness (QED) is 0.836. The van der Waals surface area contributed by atoms with Gasteiger partial charge in [0.1, 0.15) is 5.82 Å². The Labute approximate surface area is 136 Å². The molecule has 3 rings (SSSR count). The van der Waals surface area contributed by atoms with E-state index in [1.165, 1.54) is 41.5 Å². The largest absolute Gasteiger partial charge is 0.346 e. The number of piperidine rings is 1. The van der Waals surface area contributed by atoms with E-state index in [4.69, 9.17) is 4.98 Å². The predicted octanol–water partition coefficient (Wildman–Crippen LogP) is 2.06. The molecule has 0 unspecified atom stereocenters. The summed E-state index contributed by atoms with van der Waals surface area (Å²) in [7, 11) is 0.0155. The van der Waals surface area contributed by atoms with Crippen LogP contribution >= 0.6 is 11.5 Å². The molecule has 0 spiro atoms. The van der Waals surface area contributed by atoms with Crippen molar-refractivity contribution in [3.05, 3.63) is 5.82 Å². The molecule has 1 aliphatic heterocycles. The Morgan fingerprint density at radius 1 is 1.18 bits per heavy atom. The lowest BCUT2D eigenvalue weighted by atomic mass is 10.1. The summed E-state index contributed by atoms with van der Waals surface area (Å²) in [6.07, 6.45) is 6.53. The summed E-state index contributed by atoms with van der Waals surface area (Å²) in [5.74, 6) is 1.48. The number of hydrogen-bond donors (Lipinski definition) is 0. The number of rotatable bonds is 4. The van der Waals surface area contributed by atoms with Crippen molar-refractivity contribution in [1.82, 2.24) is 13.7 Å². The van der Waals surface area contributed by atoms with Crippen molar-refractivity contribution in [2.75, 3.05) is 32.1 Å². The van der Waals surface area contributed by atoms with Gasteiger partial charge in [-0.2, -0.15) is 4.37 Å². The van der Waals surface area contributed by atoms with Crippen molar-refractivity contribution in [2.45, 2.75) is 49.7 Å². The van der Waals surface area contributed by atoms with Crippen LogP contribution < -0.4 is 4.90 Å². The van der Waals surface area contributed by atoms with Crippen LogP contribution in [0.1, 0.15) is 50.3 Å². The molecule has 124 valence electrons. The van der Waals surface area contributed by atoms with Gasteiger partial charge in [0.05, 0.1) is 5.25 Å². The molecule has 2 heterocycles. The van der Waals surface area contributed by atoms with Crippen LogP contribution in [0.5, 0.6) is 0 Å². The van der Waals surface area contributed by atoms with Crippen molar-refractivity contribution >= 4 is 26.7 Å². The number of sulfonamides is 1. The molecule has 8 heteroatoms. The van der Waals surface area contributed by atoms with Crippen LogP contribution in [0.25, 0.3) is 0 Å². The first-order valence-electron chi connectivity index (χ1n) is 7.98. The van der Waals surface area contributed by atoms with E-state index in [2.05, 4.69) is 9.27 Å². The van der Waals surface area contributed by atoms with E-state index < -0.39 is 10.0 Å². The SMILES string of the molecule is CN(C)S(=O)(=O)[C@@H]1CCCN(c2nc(C3CCCC3)ns2)C1. The van der Waals surface area contributed by atoms with Gasteiger partial charge in [-0.15, -0.1) is 0 Å². The van der Waals surface area contributed by atoms with Crippen LogP contribution in [0.4, 0.5) is 5.13 Å². The Balaban J connectivity index is 1.72. The lowest BCUT2D eigenvalue weighted by Gasteiger charge is -2.33. The second kappa shape index (κ2) is 6.41. The van der Waals surface area contributed by atoms with Gasteiger partial charge in [0.2, 0.25) is 15.2 Å². The van der Waals surface area contributed by atoms with Gasteiger partial charge in [-0.3, -0.25) is 0 Å². The van der Waals surface area contributed by atoms with Crippen LogP contribution in [0.2, 0.25) is 0 Å². The monoisotopic (exact) mass is 344 g/mol. The molecular weight excluding hydrogens is 320 g/mol. The fourth-order valence-corrected chi connectivity index (χ4v) is 5.57. The van der Waals surface area contributed by atoms with Crippen LogP contribution in [0, 0.1) is 0 Å². The standard InChI is InChI=1S/C14H24N4O2S2/c1-17(2)22(19,20)12-8-5-9-18(10-12)14-15-13(16-21-14)11-6-3-4-7-11/h11-12H,3-10H2,1-2H3/t12-/m1/s1. The highest BCUT2D eigenvalue weighted by molar-refractivity contribution is 7.89. The van der Waals surface area contributed by atoms with E-state index >= 15 is 0 Å². The van der Waals surface area contributed by atoms with Gasteiger partial charge in [0, 0.05) is 44.6 Å². The first-order chi connectivity index (χ1) is 10.5.